The number of carbonyl (C=O) groups is 1. The number of aromatic nitrogens is 2. The van der Waals surface area contributed by atoms with Crippen LogP contribution in [0, 0.1) is 11.6 Å². The maximum atomic E-state index is 13.8. The summed E-state index contributed by atoms with van der Waals surface area (Å²) in [6.07, 6.45) is 0.128. The second-order valence-corrected chi connectivity index (χ2v) is 9.77. The molecule has 41 heavy (non-hydrogen) atoms. The standard InChI is InChI=1S/C31H34F2N4O4/c1-3-20-5-4-6-21(13-20)18-34-19-28(38)27(16-22-14-24(32)17-25(33)15-22)35-29(39)11-12-30-36-31(37-41-30)23-7-9-26(40-2)10-8-23/h4-10,13-15,17,27-28,34,38H,3,11-12,16,18-19H2,1-2H3,(H,35,39). The van der Waals surface area contributed by atoms with Crippen LogP contribution in [0.2, 0.25) is 0 Å². The van der Waals surface area contributed by atoms with Crippen molar-refractivity contribution in [3.8, 4) is 17.1 Å². The predicted octanol–water partition coefficient (Wildman–Crippen LogP) is 4.40. The lowest BCUT2D eigenvalue weighted by Crippen LogP contribution is -2.48. The molecule has 3 aromatic carbocycles. The van der Waals surface area contributed by atoms with Crippen molar-refractivity contribution in [2.45, 2.75) is 51.3 Å². The lowest BCUT2D eigenvalue weighted by atomic mass is 10.00. The quantitative estimate of drug-likeness (QED) is 0.208. The van der Waals surface area contributed by atoms with E-state index in [4.69, 9.17) is 9.26 Å². The van der Waals surface area contributed by atoms with Gasteiger partial charge < -0.3 is 25.0 Å². The summed E-state index contributed by atoms with van der Waals surface area (Å²) in [4.78, 5) is 17.2. The molecule has 0 saturated heterocycles. The van der Waals surface area contributed by atoms with Crippen molar-refractivity contribution < 1.29 is 27.9 Å². The zero-order valence-electron chi connectivity index (χ0n) is 23.1. The topological polar surface area (TPSA) is 110 Å². The normalized spacial score (nSPS) is 12.6. The number of hydrogen-bond acceptors (Lipinski definition) is 7. The number of hydrogen-bond donors (Lipinski definition) is 3. The highest BCUT2D eigenvalue weighted by molar-refractivity contribution is 5.76. The molecule has 2 atom stereocenters. The van der Waals surface area contributed by atoms with Crippen LogP contribution < -0.4 is 15.4 Å². The molecular weight excluding hydrogens is 530 g/mol. The maximum Gasteiger partial charge on any atom is 0.227 e. The van der Waals surface area contributed by atoms with E-state index in [1.54, 1.807) is 31.4 Å². The molecule has 4 rings (SSSR count). The Labute approximate surface area is 237 Å². The van der Waals surface area contributed by atoms with E-state index >= 15 is 0 Å². The molecule has 0 spiro atoms. The second-order valence-electron chi connectivity index (χ2n) is 9.77. The number of methoxy groups -OCH3 is 1. The molecule has 0 aliphatic carbocycles. The summed E-state index contributed by atoms with van der Waals surface area (Å²) < 4.78 is 38.1. The molecule has 1 heterocycles. The third-order valence-electron chi connectivity index (χ3n) is 6.65. The smallest absolute Gasteiger partial charge is 0.227 e. The molecule has 4 aromatic rings. The van der Waals surface area contributed by atoms with Gasteiger partial charge >= 0.3 is 0 Å². The van der Waals surface area contributed by atoms with Gasteiger partial charge in [0.05, 0.1) is 19.3 Å². The molecule has 1 amide bonds. The van der Waals surface area contributed by atoms with Crippen molar-refractivity contribution in [1.82, 2.24) is 20.8 Å². The van der Waals surface area contributed by atoms with E-state index in [0.29, 0.717) is 23.7 Å². The predicted molar refractivity (Wildman–Crippen MR) is 150 cm³/mol. The van der Waals surface area contributed by atoms with Crippen LogP contribution in [0.5, 0.6) is 5.75 Å². The number of halogens is 2. The third kappa shape index (κ3) is 8.92. The Bertz CT molecular complexity index is 1410. The van der Waals surface area contributed by atoms with E-state index in [2.05, 4.69) is 39.8 Å². The number of aliphatic hydroxyl groups is 1. The van der Waals surface area contributed by atoms with Gasteiger partial charge in [0.1, 0.15) is 17.4 Å². The van der Waals surface area contributed by atoms with Gasteiger partial charge in [0.15, 0.2) is 0 Å². The summed E-state index contributed by atoms with van der Waals surface area (Å²) in [5, 5.41) is 21.0. The summed E-state index contributed by atoms with van der Waals surface area (Å²) in [6, 6.07) is 17.7. The molecule has 0 saturated carbocycles. The van der Waals surface area contributed by atoms with E-state index in [-0.39, 0.29) is 37.6 Å². The number of amides is 1. The van der Waals surface area contributed by atoms with Crippen LogP contribution in [-0.2, 0) is 30.6 Å². The van der Waals surface area contributed by atoms with Gasteiger partial charge in [-0.1, -0.05) is 36.3 Å². The van der Waals surface area contributed by atoms with Gasteiger partial charge in [-0.15, -0.1) is 0 Å². The fourth-order valence-corrected chi connectivity index (χ4v) is 4.45. The number of carbonyl (C=O) groups excluding carboxylic acids is 1. The Morgan fingerprint density at radius 3 is 2.46 bits per heavy atom. The van der Waals surface area contributed by atoms with Crippen LogP contribution in [0.1, 0.15) is 35.9 Å². The molecule has 10 heteroatoms. The molecule has 8 nitrogen and oxygen atoms in total. The molecule has 0 radical (unpaired) electrons. The molecule has 1 aromatic heterocycles. The van der Waals surface area contributed by atoms with E-state index in [1.165, 1.54) is 17.7 Å². The van der Waals surface area contributed by atoms with E-state index in [1.807, 2.05) is 12.1 Å². The fourth-order valence-electron chi connectivity index (χ4n) is 4.45. The Morgan fingerprint density at radius 2 is 1.76 bits per heavy atom. The largest absolute Gasteiger partial charge is 0.497 e. The first kappa shape index (κ1) is 29.8. The van der Waals surface area contributed by atoms with Crippen molar-refractivity contribution >= 4 is 5.91 Å². The monoisotopic (exact) mass is 564 g/mol. The molecular formula is C31H34F2N4O4. The summed E-state index contributed by atoms with van der Waals surface area (Å²) in [5.41, 5.74) is 3.34. The average Bonchev–Trinajstić information content (AvgIpc) is 3.44. The summed E-state index contributed by atoms with van der Waals surface area (Å²) in [7, 11) is 1.58. The molecule has 0 bridgehead atoms. The van der Waals surface area contributed by atoms with Crippen molar-refractivity contribution in [2.75, 3.05) is 13.7 Å². The van der Waals surface area contributed by atoms with Gasteiger partial charge in [0, 0.05) is 37.6 Å². The van der Waals surface area contributed by atoms with Crippen LogP contribution in [0.25, 0.3) is 11.4 Å². The second kappa shape index (κ2) is 14.5. The van der Waals surface area contributed by atoms with Gasteiger partial charge in [-0.05, 0) is 65.9 Å². The van der Waals surface area contributed by atoms with Crippen LogP contribution in [0.4, 0.5) is 8.78 Å². The first-order valence-electron chi connectivity index (χ1n) is 13.5. The van der Waals surface area contributed by atoms with Crippen LogP contribution in [-0.4, -0.2) is 47.0 Å². The van der Waals surface area contributed by atoms with Gasteiger partial charge in [-0.25, -0.2) is 8.78 Å². The number of rotatable bonds is 14. The first-order valence-corrected chi connectivity index (χ1v) is 13.5. The average molecular weight is 565 g/mol. The third-order valence-corrected chi connectivity index (χ3v) is 6.65. The number of aliphatic hydroxyl groups excluding tert-OH is 1. The molecule has 0 fully saturated rings. The molecule has 216 valence electrons. The highest BCUT2D eigenvalue weighted by atomic mass is 19.1. The molecule has 3 N–H and O–H groups in total. The summed E-state index contributed by atoms with van der Waals surface area (Å²) in [6.45, 7) is 2.76. The Kier molecular flexibility index (Phi) is 10.5. The number of nitrogens with zero attached hydrogens (tertiary/aromatic N) is 2. The highest BCUT2D eigenvalue weighted by Crippen LogP contribution is 2.20. The highest BCUT2D eigenvalue weighted by Gasteiger charge is 2.23. The SMILES string of the molecule is CCc1cccc(CNCC(O)C(Cc2cc(F)cc(F)c2)NC(=O)CCc2nc(-c3ccc(OC)cc3)no2)c1. The van der Waals surface area contributed by atoms with Gasteiger partial charge in [0.25, 0.3) is 0 Å². The summed E-state index contributed by atoms with van der Waals surface area (Å²) >= 11 is 0. The lowest BCUT2D eigenvalue weighted by Gasteiger charge is -2.25. The van der Waals surface area contributed by atoms with Crippen LogP contribution >= 0.6 is 0 Å². The minimum Gasteiger partial charge on any atom is -0.497 e. The number of benzene rings is 3. The minimum atomic E-state index is -1.02. The van der Waals surface area contributed by atoms with Crippen LogP contribution in [0.15, 0.2) is 71.3 Å². The van der Waals surface area contributed by atoms with Gasteiger partial charge in [-0.3, -0.25) is 4.79 Å². The maximum absolute atomic E-state index is 13.8. The molecule has 0 aliphatic rings. The lowest BCUT2D eigenvalue weighted by molar-refractivity contribution is -0.122. The Balaban J connectivity index is 1.36. The van der Waals surface area contributed by atoms with Crippen molar-refractivity contribution in [1.29, 1.82) is 0 Å². The number of nitrogens with one attached hydrogen (secondary N) is 2. The van der Waals surface area contributed by atoms with Gasteiger partial charge in [0.2, 0.25) is 17.6 Å². The fraction of sp³-hybridized carbons (Fsp3) is 0.323. The first-order chi connectivity index (χ1) is 19.8. The Morgan fingerprint density at radius 1 is 1.02 bits per heavy atom. The van der Waals surface area contributed by atoms with Crippen molar-refractivity contribution in [3.63, 3.8) is 0 Å². The Hall–Kier alpha value is -4.15. The van der Waals surface area contributed by atoms with E-state index in [0.717, 1.165) is 23.6 Å². The molecule has 0 aliphatic heterocycles. The zero-order valence-corrected chi connectivity index (χ0v) is 23.1. The van der Waals surface area contributed by atoms with E-state index < -0.39 is 23.8 Å². The molecule has 2 unspecified atom stereocenters. The van der Waals surface area contributed by atoms with Crippen molar-refractivity contribution in [3.05, 3.63) is 101 Å². The van der Waals surface area contributed by atoms with Crippen LogP contribution in [0.3, 0.4) is 0 Å². The number of ether oxygens (including phenoxy) is 1. The van der Waals surface area contributed by atoms with E-state index in [9.17, 15) is 18.7 Å². The zero-order chi connectivity index (χ0) is 29.2. The summed E-state index contributed by atoms with van der Waals surface area (Å²) in [5.74, 6) is -0.445. The van der Waals surface area contributed by atoms with Gasteiger partial charge in [-0.2, -0.15) is 4.98 Å². The van der Waals surface area contributed by atoms with Crippen molar-refractivity contribution in [2.24, 2.45) is 0 Å². The minimum absolute atomic E-state index is 0.0161. The number of aryl methyl sites for hydroxylation is 2.